The van der Waals surface area contributed by atoms with E-state index in [1.807, 2.05) is 31.2 Å². The van der Waals surface area contributed by atoms with Gasteiger partial charge in [-0.05, 0) is 48.9 Å². The number of carbonyl (C=O) groups is 1. The van der Waals surface area contributed by atoms with Crippen LogP contribution in [0.5, 0.6) is 0 Å². The predicted molar refractivity (Wildman–Crippen MR) is 104 cm³/mol. The second kappa shape index (κ2) is 8.81. The molecule has 1 fully saturated rings. The van der Waals surface area contributed by atoms with Crippen LogP contribution in [-0.2, 0) is 9.53 Å². The highest BCUT2D eigenvalue weighted by Crippen LogP contribution is 2.19. The van der Waals surface area contributed by atoms with Crippen molar-refractivity contribution in [2.45, 2.75) is 31.5 Å². The zero-order valence-corrected chi connectivity index (χ0v) is 16.8. The summed E-state index contributed by atoms with van der Waals surface area (Å²) in [5, 5.41) is 15.5. The summed E-state index contributed by atoms with van der Waals surface area (Å²) in [7, 11) is 0. The summed E-state index contributed by atoms with van der Waals surface area (Å²) in [4.78, 5) is 14.7. The van der Waals surface area contributed by atoms with Gasteiger partial charge in [-0.1, -0.05) is 23.9 Å². The number of rotatable bonds is 7. The van der Waals surface area contributed by atoms with Gasteiger partial charge in [0.25, 0.3) is 0 Å². The molecule has 9 heteroatoms. The summed E-state index contributed by atoms with van der Waals surface area (Å²) in [6, 6.07) is 7.93. The lowest BCUT2D eigenvalue weighted by Gasteiger charge is -2.40. The normalized spacial score (nSPS) is 15.7. The second-order valence-corrected chi connectivity index (χ2v) is 8.13. The number of hydrogen-bond donors (Lipinski definition) is 1. The van der Waals surface area contributed by atoms with Gasteiger partial charge in [0.1, 0.15) is 0 Å². The lowest BCUT2D eigenvalue weighted by Crippen LogP contribution is -2.55. The maximum absolute atomic E-state index is 12.3. The summed E-state index contributed by atoms with van der Waals surface area (Å²) in [6.45, 7) is 10.2. The van der Waals surface area contributed by atoms with Crippen LogP contribution in [0.25, 0.3) is 5.69 Å². The molecule has 0 saturated carbocycles. The molecule has 1 aromatic heterocycles. The third-order valence-electron chi connectivity index (χ3n) is 4.60. The van der Waals surface area contributed by atoms with Crippen LogP contribution in [0.1, 0.15) is 19.4 Å². The van der Waals surface area contributed by atoms with E-state index in [2.05, 4.69) is 39.6 Å². The van der Waals surface area contributed by atoms with E-state index in [1.165, 1.54) is 11.8 Å². The van der Waals surface area contributed by atoms with Gasteiger partial charge in [-0.25, -0.2) is 0 Å². The first-order chi connectivity index (χ1) is 13.0. The molecule has 0 radical (unpaired) electrons. The number of thioether (sulfide) groups is 1. The molecule has 1 aromatic carbocycles. The van der Waals surface area contributed by atoms with Crippen molar-refractivity contribution in [1.29, 1.82) is 0 Å². The molecule has 0 aliphatic carbocycles. The average molecular weight is 391 g/mol. The van der Waals surface area contributed by atoms with Crippen LogP contribution in [0.3, 0.4) is 0 Å². The Kier molecular flexibility index (Phi) is 6.46. The Morgan fingerprint density at radius 1 is 1.33 bits per heavy atom. The fraction of sp³-hybridized carbons (Fsp3) is 0.556. The number of aromatic nitrogens is 4. The number of morpholine rings is 1. The van der Waals surface area contributed by atoms with Crippen LogP contribution < -0.4 is 5.32 Å². The van der Waals surface area contributed by atoms with E-state index in [9.17, 15) is 4.79 Å². The quantitative estimate of drug-likeness (QED) is 0.713. The van der Waals surface area contributed by atoms with Crippen molar-refractivity contribution in [3.8, 4) is 5.69 Å². The van der Waals surface area contributed by atoms with Gasteiger partial charge in [-0.15, -0.1) is 5.10 Å². The number of hydrogen-bond acceptors (Lipinski definition) is 7. The number of nitrogens with one attached hydrogen (secondary N) is 1. The number of nitrogens with zero attached hydrogens (tertiary/aromatic N) is 5. The molecule has 0 bridgehead atoms. The van der Waals surface area contributed by atoms with Gasteiger partial charge in [0.05, 0.1) is 24.7 Å². The average Bonchev–Trinajstić information content (AvgIpc) is 3.14. The maximum atomic E-state index is 12.3. The van der Waals surface area contributed by atoms with E-state index in [-0.39, 0.29) is 17.2 Å². The molecular formula is C18H26N6O2S. The molecule has 1 amide bonds. The van der Waals surface area contributed by atoms with Crippen molar-refractivity contribution in [3.63, 3.8) is 0 Å². The summed E-state index contributed by atoms with van der Waals surface area (Å²) >= 11 is 1.33. The van der Waals surface area contributed by atoms with Gasteiger partial charge >= 0.3 is 0 Å². The number of tetrazole rings is 1. The van der Waals surface area contributed by atoms with Crippen molar-refractivity contribution < 1.29 is 9.53 Å². The van der Waals surface area contributed by atoms with E-state index < -0.39 is 0 Å². The van der Waals surface area contributed by atoms with Gasteiger partial charge in [0.15, 0.2) is 0 Å². The molecular weight excluding hydrogens is 364 g/mol. The molecule has 1 aliphatic rings. The van der Waals surface area contributed by atoms with Crippen molar-refractivity contribution in [2.24, 2.45) is 0 Å². The first-order valence-corrected chi connectivity index (χ1v) is 10.0. The van der Waals surface area contributed by atoms with Crippen molar-refractivity contribution >= 4 is 17.7 Å². The maximum Gasteiger partial charge on any atom is 0.230 e. The summed E-state index contributed by atoms with van der Waals surface area (Å²) < 4.78 is 7.06. The number of ether oxygens (including phenoxy) is 1. The topological polar surface area (TPSA) is 85.2 Å². The molecule has 2 heterocycles. The SMILES string of the molecule is Cc1cccc(-n2nnnc2SCC(=O)NCC(C)(C)N2CCOCC2)c1. The Morgan fingerprint density at radius 2 is 2.11 bits per heavy atom. The van der Waals surface area contributed by atoms with Crippen LogP contribution in [0.15, 0.2) is 29.4 Å². The third kappa shape index (κ3) is 5.27. The van der Waals surface area contributed by atoms with E-state index in [0.717, 1.165) is 37.6 Å². The van der Waals surface area contributed by atoms with Gasteiger partial charge in [0, 0.05) is 25.2 Å². The monoisotopic (exact) mass is 390 g/mol. The minimum absolute atomic E-state index is 0.0277. The van der Waals surface area contributed by atoms with E-state index >= 15 is 0 Å². The largest absolute Gasteiger partial charge is 0.379 e. The van der Waals surface area contributed by atoms with Gasteiger partial charge in [-0.2, -0.15) is 4.68 Å². The summed E-state index contributed by atoms with van der Waals surface area (Å²) in [5.74, 6) is 0.242. The molecule has 146 valence electrons. The second-order valence-electron chi connectivity index (χ2n) is 7.19. The molecule has 1 saturated heterocycles. The van der Waals surface area contributed by atoms with E-state index in [1.54, 1.807) is 4.68 Å². The van der Waals surface area contributed by atoms with E-state index in [4.69, 9.17) is 4.74 Å². The zero-order valence-electron chi connectivity index (χ0n) is 16.0. The van der Waals surface area contributed by atoms with Gasteiger partial charge in [0.2, 0.25) is 11.1 Å². The van der Waals surface area contributed by atoms with Crippen molar-refractivity contribution in [2.75, 3.05) is 38.6 Å². The highest BCUT2D eigenvalue weighted by atomic mass is 32.2. The van der Waals surface area contributed by atoms with Crippen molar-refractivity contribution in [1.82, 2.24) is 30.4 Å². The molecule has 27 heavy (non-hydrogen) atoms. The van der Waals surface area contributed by atoms with Crippen LogP contribution in [-0.4, -0.2) is 75.2 Å². The minimum atomic E-state index is -0.104. The zero-order chi connectivity index (χ0) is 19.3. The predicted octanol–water partition coefficient (Wildman–Crippen LogP) is 1.29. The molecule has 8 nitrogen and oxygen atoms in total. The minimum Gasteiger partial charge on any atom is -0.379 e. The standard InChI is InChI=1S/C18H26N6O2S/c1-14-5-4-6-15(11-14)24-17(20-21-22-24)27-12-16(25)19-13-18(2,3)23-7-9-26-10-8-23/h4-6,11H,7-10,12-13H2,1-3H3,(H,19,25). The summed E-state index contributed by atoms with van der Waals surface area (Å²) in [5.41, 5.74) is 1.91. The number of amides is 1. The molecule has 0 atom stereocenters. The number of aryl methyl sites for hydroxylation is 1. The lowest BCUT2D eigenvalue weighted by atomic mass is 10.0. The molecule has 2 aromatic rings. The number of carbonyl (C=O) groups excluding carboxylic acids is 1. The Bertz CT molecular complexity index is 773. The number of benzene rings is 1. The molecule has 1 N–H and O–H groups in total. The Morgan fingerprint density at radius 3 is 2.85 bits per heavy atom. The molecule has 0 unspecified atom stereocenters. The van der Waals surface area contributed by atoms with Gasteiger partial charge in [-0.3, -0.25) is 9.69 Å². The third-order valence-corrected chi connectivity index (χ3v) is 5.52. The van der Waals surface area contributed by atoms with Crippen LogP contribution in [0.4, 0.5) is 0 Å². The first-order valence-electron chi connectivity index (χ1n) is 9.03. The first kappa shape index (κ1) is 19.8. The Labute approximate surface area is 163 Å². The van der Waals surface area contributed by atoms with Crippen LogP contribution in [0.2, 0.25) is 0 Å². The fourth-order valence-electron chi connectivity index (χ4n) is 2.97. The van der Waals surface area contributed by atoms with Crippen molar-refractivity contribution in [3.05, 3.63) is 29.8 Å². The fourth-order valence-corrected chi connectivity index (χ4v) is 3.69. The molecule has 0 spiro atoms. The van der Waals surface area contributed by atoms with E-state index in [0.29, 0.717) is 11.7 Å². The van der Waals surface area contributed by atoms with Crippen LogP contribution >= 0.6 is 11.8 Å². The van der Waals surface area contributed by atoms with Gasteiger partial charge < -0.3 is 10.1 Å². The van der Waals surface area contributed by atoms with Crippen LogP contribution in [0, 0.1) is 6.92 Å². The smallest absolute Gasteiger partial charge is 0.230 e. The lowest BCUT2D eigenvalue weighted by molar-refractivity contribution is -0.119. The molecule has 1 aliphatic heterocycles. The highest BCUT2D eigenvalue weighted by Gasteiger charge is 2.28. The highest BCUT2D eigenvalue weighted by molar-refractivity contribution is 7.99. The molecule has 3 rings (SSSR count). The Hall–Kier alpha value is -1.97. The summed E-state index contributed by atoms with van der Waals surface area (Å²) in [6.07, 6.45) is 0. The Balaban J connectivity index is 1.52.